The number of carboxylic acid groups (broad SMARTS) is 1. The summed E-state index contributed by atoms with van der Waals surface area (Å²) in [5.74, 6) is -0.780. The van der Waals surface area contributed by atoms with Gasteiger partial charge in [0.2, 0.25) is 5.91 Å². The molecule has 98 valence electrons. The van der Waals surface area contributed by atoms with E-state index < -0.39 is 5.97 Å². The number of aromatic nitrogens is 1. The number of carbonyl (C=O) groups excluding carboxylic acids is 1. The van der Waals surface area contributed by atoms with Crippen molar-refractivity contribution < 1.29 is 14.7 Å². The highest BCUT2D eigenvalue weighted by Crippen LogP contribution is 2.31. The summed E-state index contributed by atoms with van der Waals surface area (Å²) >= 11 is 3.03. The van der Waals surface area contributed by atoms with E-state index in [9.17, 15) is 9.59 Å². The van der Waals surface area contributed by atoms with Crippen LogP contribution >= 0.6 is 23.1 Å². The molecule has 0 bridgehead atoms. The number of thioether (sulfide) groups is 1. The largest absolute Gasteiger partial charge is 0.481 e. The van der Waals surface area contributed by atoms with Gasteiger partial charge in [0.05, 0.1) is 12.1 Å². The number of aliphatic carboxylic acids is 1. The number of carboxylic acids is 1. The third kappa shape index (κ3) is 3.99. The molecular formula is C11H14N2O3S2. The molecule has 0 aliphatic carbocycles. The van der Waals surface area contributed by atoms with E-state index in [0.717, 1.165) is 23.7 Å². The maximum atomic E-state index is 11.4. The van der Waals surface area contributed by atoms with Gasteiger partial charge in [-0.2, -0.15) is 0 Å². The molecule has 1 atom stereocenters. The molecule has 1 aliphatic heterocycles. The van der Waals surface area contributed by atoms with Gasteiger partial charge in [-0.15, -0.1) is 11.3 Å². The number of thiazole rings is 1. The minimum atomic E-state index is -0.870. The lowest BCUT2D eigenvalue weighted by atomic mass is 10.2. The molecule has 0 radical (unpaired) electrons. The van der Waals surface area contributed by atoms with Crippen LogP contribution < -0.4 is 5.32 Å². The molecule has 2 N–H and O–H groups in total. The van der Waals surface area contributed by atoms with Crippen molar-refractivity contribution in [2.24, 2.45) is 0 Å². The normalized spacial score (nSPS) is 20.2. The van der Waals surface area contributed by atoms with Crippen molar-refractivity contribution in [2.75, 3.05) is 6.54 Å². The van der Waals surface area contributed by atoms with Crippen molar-refractivity contribution in [2.45, 2.75) is 35.3 Å². The smallest absolute Gasteiger partial charge is 0.309 e. The van der Waals surface area contributed by atoms with Crippen molar-refractivity contribution >= 4 is 35.0 Å². The summed E-state index contributed by atoms with van der Waals surface area (Å²) in [4.78, 5) is 26.2. The predicted molar refractivity (Wildman–Crippen MR) is 70.0 cm³/mol. The topological polar surface area (TPSA) is 79.3 Å². The second-order valence-electron chi connectivity index (χ2n) is 4.11. The van der Waals surface area contributed by atoms with Crippen LogP contribution in [-0.2, 0) is 16.0 Å². The summed E-state index contributed by atoms with van der Waals surface area (Å²) in [6, 6.07) is 0. The van der Waals surface area contributed by atoms with Gasteiger partial charge in [-0.05, 0) is 12.8 Å². The monoisotopic (exact) mass is 286 g/mol. The van der Waals surface area contributed by atoms with E-state index in [-0.39, 0.29) is 17.6 Å². The van der Waals surface area contributed by atoms with Crippen molar-refractivity contribution in [1.82, 2.24) is 10.3 Å². The Morgan fingerprint density at radius 2 is 2.50 bits per heavy atom. The number of rotatable bonds is 4. The standard InChI is InChI=1S/C11H14N2O3S2/c14-9-5-8(2-1-3-12-9)18-11-13-7(6-17-11)4-10(15)16/h6,8H,1-5H2,(H,12,14)(H,15,16). The van der Waals surface area contributed by atoms with Crippen LogP contribution in [0, 0.1) is 0 Å². The Morgan fingerprint density at radius 1 is 1.67 bits per heavy atom. The van der Waals surface area contributed by atoms with Crippen LogP contribution in [0.4, 0.5) is 0 Å². The van der Waals surface area contributed by atoms with Gasteiger partial charge in [-0.25, -0.2) is 4.98 Å². The van der Waals surface area contributed by atoms with Gasteiger partial charge in [0, 0.05) is 23.6 Å². The Balaban J connectivity index is 1.93. The second kappa shape index (κ2) is 6.19. The first kappa shape index (κ1) is 13.4. The number of hydrogen-bond donors (Lipinski definition) is 2. The summed E-state index contributed by atoms with van der Waals surface area (Å²) in [6.45, 7) is 0.748. The van der Waals surface area contributed by atoms with Gasteiger partial charge in [-0.1, -0.05) is 11.8 Å². The van der Waals surface area contributed by atoms with E-state index in [1.54, 1.807) is 17.1 Å². The minimum absolute atomic E-state index is 0.0395. The molecule has 1 aliphatic rings. The third-order valence-electron chi connectivity index (χ3n) is 2.57. The molecule has 7 heteroatoms. The van der Waals surface area contributed by atoms with Crippen LogP contribution in [0.1, 0.15) is 25.0 Å². The molecule has 2 rings (SSSR count). The van der Waals surface area contributed by atoms with Gasteiger partial charge in [0.1, 0.15) is 4.34 Å². The van der Waals surface area contributed by atoms with E-state index in [4.69, 9.17) is 5.11 Å². The fraction of sp³-hybridized carbons (Fsp3) is 0.545. The molecule has 1 amide bonds. The molecule has 0 aromatic carbocycles. The summed E-state index contributed by atoms with van der Waals surface area (Å²) in [6.07, 6.45) is 2.44. The van der Waals surface area contributed by atoms with Crippen LogP contribution in [0.3, 0.4) is 0 Å². The van der Waals surface area contributed by atoms with Crippen molar-refractivity contribution in [1.29, 1.82) is 0 Å². The number of nitrogens with one attached hydrogen (secondary N) is 1. The van der Waals surface area contributed by atoms with E-state index in [1.165, 1.54) is 11.3 Å². The summed E-state index contributed by atoms with van der Waals surface area (Å²) in [5.41, 5.74) is 0.591. The molecule has 0 spiro atoms. The lowest BCUT2D eigenvalue weighted by Crippen LogP contribution is -2.22. The van der Waals surface area contributed by atoms with Crippen molar-refractivity contribution in [3.8, 4) is 0 Å². The zero-order valence-corrected chi connectivity index (χ0v) is 11.4. The number of amides is 1. The zero-order valence-electron chi connectivity index (χ0n) is 9.72. The lowest BCUT2D eigenvalue weighted by molar-refractivity contribution is -0.136. The minimum Gasteiger partial charge on any atom is -0.481 e. The Bertz CT molecular complexity index is 447. The van der Waals surface area contributed by atoms with Gasteiger partial charge in [0.25, 0.3) is 0 Å². The van der Waals surface area contributed by atoms with Crippen LogP contribution in [0.5, 0.6) is 0 Å². The number of carbonyl (C=O) groups is 2. The Hall–Kier alpha value is -1.08. The number of hydrogen-bond acceptors (Lipinski definition) is 5. The molecule has 1 aromatic rings. The zero-order chi connectivity index (χ0) is 13.0. The first-order chi connectivity index (χ1) is 8.63. The first-order valence-corrected chi connectivity index (χ1v) is 7.49. The summed E-state index contributed by atoms with van der Waals surface area (Å²) in [5, 5.41) is 13.5. The highest BCUT2D eigenvalue weighted by atomic mass is 32.2. The number of nitrogens with zero attached hydrogens (tertiary/aromatic N) is 1. The molecule has 1 aromatic heterocycles. The second-order valence-corrected chi connectivity index (χ2v) is 6.52. The van der Waals surface area contributed by atoms with Crippen molar-refractivity contribution in [3.63, 3.8) is 0 Å². The van der Waals surface area contributed by atoms with Gasteiger partial charge in [-0.3, -0.25) is 9.59 Å². The van der Waals surface area contributed by atoms with E-state index in [1.807, 2.05) is 0 Å². The summed E-state index contributed by atoms with van der Waals surface area (Å²) in [7, 11) is 0. The average Bonchev–Trinajstić information content (AvgIpc) is 2.59. The Morgan fingerprint density at radius 3 is 3.28 bits per heavy atom. The molecule has 2 heterocycles. The van der Waals surface area contributed by atoms with Gasteiger partial charge < -0.3 is 10.4 Å². The van der Waals surface area contributed by atoms with Crippen molar-refractivity contribution in [3.05, 3.63) is 11.1 Å². The first-order valence-electron chi connectivity index (χ1n) is 5.73. The molecule has 5 nitrogen and oxygen atoms in total. The maximum Gasteiger partial charge on any atom is 0.309 e. The molecule has 1 fully saturated rings. The Labute approximate surface area is 113 Å². The summed E-state index contributed by atoms with van der Waals surface area (Å²) < 4.78 is 0.853. The average molecular weight is 286 g/mol. The molecule has 1 saturated heterocycles. The fourth-order valence-corrected chi connectivity index (χ4v) is 4.05. The molecule has 18 heavy (non-hydrogen) atoms. The van der Waals surface area contributed by atoms with Crippen LogP contribution in [-0.4, -0.2) is 33.8 Å². The highest BCUT2D eigenvalue weighted by Gasteiger charge is 2.19. The lowest BCUT2D eigenvalue weighted by Gasteiger charge is -2.09. The van der Waals surface area contributed by atoms with E-state index in [0.29, 0.717) is 12.1 Å². The fourth-order valence-electron chi connectivity index (χ4n) is 1.76. The molecule has 1 unspecified atom stereocenters. The highest BCUT2D eigenvalue weighted by molar-refractivity contribution is 8.01. The SMILES string of the molecule is O=C(O)Cc1csc(SC2CCCNC(=O)C2)n1. The van der Waals surface area contributed by atoms with Crippen LogP contribution in [0.25, 0.3) is 0 Å². The van der Waals surface area contributed by atoms with Gasteiger partial charge >= 0.3 is 5.97 Å². The van der Waals surface area contributed by atoms with Gasteiger partial charge in [0.15, 0.2) is 0 Å². The molecular weight excluding hydrogens is 272 g/mol. The van der Waals surface area contributed by atoms with Crippen LogP contribution in [0.2, 0.25) is 0 Å². The van der Waals surface area contributed by atoms with Crippen LogP contribution in [0.15, 0.2) is 9.72 Å². The van der Waals surface area contributed by atoms with E-state index in [2.05, 4.69) is 10.3 Å². The predicted octanol–water partition coefficient (Wildman–Crippen LogP) is 1.53. The maximum absolute atomic E-state index is 11.4. The quantitative estimate of drug-likeness (QED) is 0.877. The third-order valence-corrected chi connectivity index (χ3v) is 4.86. The molecule has 0 saturated carbocycles. The Kier molecular flexibility index (Phi) is 4.60. The van der Waals surface area contributed by atoms with E-state index >= 15 is 0 Å².